The third-order valence-corrected chi connectivity index (χ3v) is 3.00. The molecular formula is C10H21N5O. The van der Waals surface area contributed by atoms with Gasteiger partial charge in [0.1, 0.15) is 0 Å². The van der Waals surface area contributed by atoms with Gasteiger partial charge in [-0.25, -0.2) is 5.43 Å². The lowest BCUT2D eigenvalue weighted by Crippen LogP contribution is -2.47. The smallest absolute Gasteiger partial charge is 0.0931 e. The monoisotopic (exact) mass is 227 g/mol. The van der Waals surface area contributed by atoms with Crippen LogP contribution in [-0.2, 0) is 11.8 Å². The van der Waals surface area contributed by atoms with Crippen molar-refractivity contribution in [3.05, 3.63) is 11.9 Å². The number of nitrogens with zero attached hydrogens (tertiary/aromatic N) is 3. The molecule has 0 amide bonds. The van der Waals surface area contributed by atoms with Crippen molar-refractivity contribution in [1.29, 1.82) is 0 Å². The summed E-state index contributed by atoms with van der Waals surface area (Å²) in [4.78, 5) is 0. The highest BCUT2D eigenvalue weighted by Gasteiger charge is 2.35. The Morgan fingerprint density at radius 1 is 1.62 bits per heavy atom. The van der Waals surface area contributed by atoms with Gasteiger partial charge in [-0.05, 0) is 20.3 Å². The van der Waals surface area contributed by atoms with Crippen molar-refractivity contribution in [3.63, 3.8) is 0 Å². The Hall–Kier alpha value is -0.980. The maximum absolute atomic E-state index is 5.80. The molecule has 0 radical (unpaired) electrons. The lowest BCUT2D eigenvalue weighted by atomic mass is 9.91. The molecule has 16 heavy (non-hydrogen) atoms. The number of hydrogen-bond donors (Lipinski definition) is 2. The fourth-order valence-corrected chi connectivity index (χ4v) is 1.85. The van der Waals surface area contributed by atoms with E-state index >= 15 is 0 Å². The lowest BCUT2D eigenvalue weighted by molar-refractivity contribution is -0.0581. The van der Waals surface area contributed by atoms with Crippen molar-refractivity contribution in [1.82, 2.24) is 20.4 Å². The Balaban J connectivity index is 3.00. The van der Waals surface area contributed by atoms with E-state index in [2.05, 4.69) is 22.7 Å². The predicted molar refractivity (Wildman–Crippen MR) is 61.4 cm³/mol. The zero-order valence-corrected chi connectivity index (χ0v) is 10.4. The van der Waals surface area contributed by atoms with Crippen LogP contribution >= 0.6 is 0 Å². The van der Waals surface area contributed by atoms with E-state index < -0.39 is 0 Å². The fraction of sp³-hybridized carbons (Fsp3) is 0.800. The molecule has 92 valence electrons. The molecule has 6 heteroatoms. The first-order valence-electron chi connectivity index (χ1n) is 5.53. The topological polar surface area (TPSA) is 78.0 Å². The second kappa shape index (κ2) is 5.38. The maximum atomic E-state index is 5.80. The zero-order valence-electron chi connectivity index (χ0n) is 10.4. The summed E-state index contributed by atoms with van der Waals surface area (Å²) in [6.45, 7) is 6.73. The molecule has 6 nitrogen and oxygen atoms in total. The molecule has 0 aromatic carbocycles. The van der Waals surface area contributed by atoms with Gasteiger partial charge in [0.15, 0.2) is 0 Å². The highest BCUT2D eigenvalue weighted by atomic mass is 16.5. The molecule has 0 fully saturated rings. The van der Waals surface area contributed by atoms with Gasteiger partial charge in [0.2, 0.25) is 0 Å². The van der Waals surface area contributed by atoms with Crippen LogP contribution in [0, 0.1) is 0 Å². The molecule has 3 N–H and O–H groups in total. The normalized spacial score (nSPS) is 17.1. The lowest BCUT2D eigenvalue weighted by Gasteiger charge is -2.35. The first-order chi connectivity index (χ1) is 7.59. The average Bonchev–Trinajstić information content (AvgIpc) is 2.66. The van der Waals surface area contributed by atoms with Gasteiger partial charge in [0, 0.05) is 13.7 Å². The van der Waals surface area contributed by atoms with Crippen LogP contribution < -0.4 is 11.3 Å². The van der Waals surface area contributed by atoms with Crippen LogP contribution in [0.3, 0.4) is 0 Å². The van der Waals surface area contributed by atoms with E-state index in [0.717, 1.165) is 12.1 Å². The van der Waals surface area contributed by atoms with Crippen LogP contribution in [0.25, 0.3) is 0 Å². The minimum absolute atomic E-state index is 0.127. The van der Waals surface area contributed by atoms with Crippen LogP contribution in [0.1, 0.15) is 38.9 Å². The van der Waals surface area contributed by atoms with Crippen LogP contribution in [-0.4, -0.2) is 27.2 Å². The van der Waals surface area contributed by atoms with Crippen LogP contribution in [0.2, 0.25) is 0 Å². The SMILES string of the molecule is CCOC(C)(CC)C(NN)c1cnnn1C. The van der Waals surface area contributed by atoms with E-state index in [9.17, 15) is 0 Å². The molecule has 0 spiro atoms. The standard InChI is InChI=1S/C10H21N5O/c1-5-10(3,16-6-2)9(13-11)8-7-12-14-15(8)4/h7,9,13H,5-6,11H2,1-4H3. The molecule has 0 aliphatic heterocycles. The minimum Gasteiger partial charge on any atom is -0.373 e. The molecule has 1 aromatic rings. The summed E-state index contributed by atoms with van der Waals surface area (Å²) in [7, 11) is 1.84. The maximum Gasteiger partial charge on any atom is 0.0931 e. The summed E-state index contributed by atoms with van der Waals surface area (Å²) in [6.07, 6.45) is 2.55. The van der Waals surface area contributed by atoms with Gasteiger partial charge in [0.05, 0.1) is 23.5 Å². The largest absolute Gasteiger partial charge is 0.373 e. The molecule has 0 saturated carbocycles. The first kappa shape index (κ1) is 13.1. The van der Waals surface area contributed by atoms with Gasteiger partial charge in [0.25, 0.3) is 0 Å². The van der Waals surface area contributed by atoms with Crippen molar-refractivity contribution in [2.75, 3.05) is 6.61 Å². The fourth-order valence-electron chi connectivity index (χ4n) is 1.85. The van der Waals surface area contributed by atoms with E-state index in [-0.39, 0.29) is 11.6 Å². The second-order valence-corrected chi connectivity index (χ2v) is 3.98. The van der Waals surface area contributed by atoms with Crippen molar-refractivity contribution in [3.8, 4) is 0 Å². The molecule has 2 atom stereocenters. The quantitative estimate of drug-likeness (QED) is 0.547. The number of nitrogens with two attached hydrogens (primary N) is 1. The van der Waals surface area contributed by atoms with Gasteiger partial charge in [-0.1, -0.05) is 12.1 Å². The Morgan fingerprint density at radius 2 is 2.31 bits per heavy atom. The second-order valence-electron chi connectivity index (χ2n) is 3.98. The van der Waals surface area contributed by atoms with Crippen molar-refractivity contribution < 1.29 is 4.74 Å². The number of nitrogens with one attached hydrogen (secondary N) is 1. The van der Waals surface area contributed by atoms with E-state index in [4.69, 9.17) is 10.6 Å². The van der Waals surface area contributed by atoms with E-state index in [1.807, 2.05) is 20.9 Å². The summed E-state index contributed by atoms with van der Waals surface area (Å²) >= 11 is 0. The molecule has 0 aliphatic carbocycles. The van der Waals surface area contributed by atoms with E-state index in [1.165, 1.54) is 0 Å². The van der Waals surface area contributed by atoms with Crippen LogP contribution in [0.5, 0.6) is 0 Å². The third kappa shape index (κ3) is 2.40. The number of hydrazine groups is 1. The number of hydrogen-bond acceptors (Lipinski definition) is 5. The molecular weight excluding hydrogens is 206 g/mol. The zero-order chi connectivity index (χ0) is 12.2. The summed E-state index contributed by atoms with van der Waals surface area (Å²) in [5, 5.41) is 7.77. The summed E-state index contributed by atoms with van der Waals surface area (Å²) < 4.78 is 7.50. The predicted octanol–water partition coefficient (Wildman–Crippen LogP) is 0.525. The first-order valence-corrected chi connectivity index (χ1v) is 5.53. The van der Waals surface area contributed by atoms with Crippen molar-refractivity contribution >= 4 is 0 Å². The van der Waals surface area contributed by atoms with Crippen LogP contribution in [0.15, 0.2) is 6.20 Å². The molecule has 2 unspecified atom stereocenters. The average molecular weight is 227 g/mol. The number of rotatable bonds is 6. The van der Waals surface area contributed by atoms with Gasteiger partial charge < -0.3 is 4.74 Å². The van der Waals surface area contributed by atoms with Crippen molar-refractivity contribution in [2.24, 2.45) is 12.9 Å². The number of aromatic nitrogens is 3. The molecule has 1 aromatic heterocycles. The minimum atomic E-state index is -0.362. The Kier molecular flexibility index (Phi) is 4.40. The summed E-state index contributed by atoms with van der Waals surface area (Å²) in [5.74, 6) is 5.63. The number of aryl methyl sites for hydroxylation is 1. The van der Waals surface area contributed by atoms with Crippen molar-refractivity contribution in [2.45, 2.75) is 38.8 Å². The summed E-state index contributed by atoms with van der Waals surface area (Å²) in [6, 6.07) is -0.127. The Labute approximate surface area is 96.1 Å². The van der Waals surface area contributed by atoms with Gasteiger partial charge in [-0.3, -0.25) is 10.5 Å². The number of ether oxygens (including phenoxy) is 1. The Bertz CT molecular complexity index is 327. The highest BCUT2D eigenvalue weighted by Crippen LogP contribution is 2.30. The van der Waals surface area contributed by atoms with E-state index in [0.29, 0.717) is 6.61 Å². The molecule has 0 saturated heterocycles. The third-order valence-electron chi connectivity index (χ3n) is 3.00. The van der Waals surface area contributed by atoms with Gasteiger partial charge in [-0.2, -0.15) is 0 Å². The molecule has 1 rings (SSSR count). The van der Waals surface area contributed by atoms with E-state index in [1.54, 1.807) is 10.9 Å². The highest BCUT2D eigenvalue weighted by molar-refractivity contribution is 5.08. The van der Waals surface area contributed by atoms with Gasteiger partial charge >= 0.3 is 0 Å². The summed E-state index contributed by atoms with van der Waals surface area (Å²) in [5.41, 5.74) is 3.35. The molecule has 0 aliphatic rings. The molecule has 0 bridgehead atoms. The van der Waals surface area contributed by atoms with Crippen LogP contribution in [0.4, 0.5) is 0 Å². The molecule has 1 heterocycles. The van der Waals surface area contributed by atoms with Gasteiger partial charge in [-0.15, -0.1) is 5.10 Å². The Morgan fingerprint density at radius 3 is 2.69 bits per heavy atom.